The number of carbonyl (C=O) groups is 7. The van der Waals surface area contributed by atoms with Gasteiger partial charge in [0.2, 0.25) is 29.5 Å². The number of carbonyl (C=O) groups excluding carboxylic acids is 6. The first kappa shape index (κ1) is 38.1. The van der Waals surface area contributed by atoms with Gasteiger partial charge in [-0.2, -0.15) is 0 Å². The zero-order valence-electron chi connectivity index (χ0n) is 24.9. The van der Waals surface area contributed by atoms with Gasteiger partial charge in [-0.3, -0.25) is 43.5 Å². The molecule has 0 heterocycles. The second-order valence-corrected chi connectivity index (χ2v) is 9.78. The van der Waals surface area contributed by atoms with Crippen molar-refractivity contribution in [3.63, 3.8) is 0 Å². The molecule has 0 saturated carbocycles. The molecule has 0 aromatic heterocycles. The van der Waals surface area contributed by atoms with E-state index in [1.807, 2.05) is 0 Å². The van der Waals surface area contributed by atoms with Crippen molar-refractivity contribution in [3.05, 3.63) is 29.8 Å². The molecule has 0 radical (unpaired) electrons. The number of primary amides is 2. The Labute approximate surface area is 263 Å². The van der Waals surface area contributed by atoms with Gasteiger partial charge in [0.15, 0.2) is 11.9 Å². The minimum absolute atomic E-state index is 0.0210. The van der Waals surface area contributed by atoms with Gasteiger partial charge in [-0.15, -0.1) is 0 Å². The summed E-state index contributed by atoms with van der Waals surface area (Å²) in [6, 6.07) is 1.91. The Kier molecular flexibility index (Phi) is 16.0. The standard InChI is InChI=1S/C26H40N12O8/c27-21(43)15(7-3-9-33-25(29)30)38-23(45)13-5-1-2-6-14(13)37-24(46)16(8-4-10-34-26(31)32)35-18(39)12-19(40)36-17(22(28)44)11-20(41)42/h1-2,5-6,15-17H,3-4,7-12H2,(H2,27,43)(H2,28,44)(H,35,39)(H,36,40)(H,37,46)(H,38,45)(H,41,42)(H4,29,30,33)(H4,31,32,34)/t15?,16-,17-/m0/s1. The number of nitrogens with zero attached hydrogens (tertiary/aromatic N) is 2. The third-order valence-corrected chi connectivity index (χ3v) is 6.00. The van der Waals surface area contributed by atoms with Crippen LogP contribution in [0.1, 0.15) is 48.9 Å². The van der Waals surface area contributed by atoms with E-state index in [-0.39, 0.29) is 55.5 Å². The number of carboxylic acid groups (broad SMARTS) is 1. The lowest BCUT2D eigenvalue weighted by Gasteiger charge is -2.20. The molecule has 46 heavy (non-hydrogen) atoms. The third kappa shape index (κ3) is 15.0. The Balaban J connectivity index is 3.07. The molecule has 1 rings (SSSR count). The summed E-state index contributed by atoms with van der Waals surface area (Å²) in [6.45, 7) is 0.287. The first-order chi connectivity index (χ1) is 21.6. The molecule has 0 spiro atoms. The molecule has 0 saturated heterocycles. The minimum Gasteiger partial charge on any atom is -0.481 e. The van der Waals surface area contributed by atoms with Gasteiger partial charge in [-0.1, -0.05) is 12.1 Å². The largest absolute Gasteiger partial charge is 0.481 e. The number of nitrogens with one attached hydrogen (secondary N) is 4. The predicted octanol–water partition coefficient (Wildman–Crippen LogP) is -4.36. The molecule has 0 aliphatic carbocycles. The molecule has 1 unspecified atom stereocenters. The van der Waals surface area contributed by atoms with Gasteiger partial charge >= 0.3 is 5.97 Å². The van der Waals surface area contributed by atoms with Gasteiger partial charge in [0.1, 0.15) is 24.5 Å². The molecule has 17 N–H and O–H groups in total. The van der Waals surface area contributed by atoms with Crippen molar-refractivity contribution in [2.45, 2.75) is 56.7 Å². The van der Waals surface area contributed by atoms with Crippen molar-refractivity contribution in [2.24, 2.45) is 44.4 Å². The van der Waals surface area contributed by atoms with E-state index in [4.69, 9.17) is 39.5 Å². The highest BCUT2D eigenvalue weighted by Crippen LogP contribution is 2.17. The highest BCUT2D eigenvalue weighted by molar-refractivity contribution is 6.07. The van der Waals surface area contributed by atoms with Gasteiger partial charge < -0.3 is 60.8 Å². The summed E-state index contributed by atoms with van der Waals surface area (Å²) in [6.07, 6.45) is -1.05. The Hall–Kier alpha value is -5.95. The van der Waals surface area contributed by atoms with Crippen LogP contribution < -0.4 is 55.7 Å². The number of aliphatic imine (C=N–C) groups is 2. The smallest absolute Gasteiger partial charge is 0.305 e. The maximum absolute atomic E-state index is 13.3. The molecular formula is C26H40N12O8. The molecule has 20 nitrogen and oxygen atoms in total. The number of anilines is 1. The summed E-state index contributed by atoms with van der Waals surface area (Å²) in [5.41, 5.74) is 31.7. The maximum atomic E-state index is 13.3. The van der Waals surface area contributed by atoms with Crippen molar-refractivity contribution in [1.29, 1.82) is 0 Å². The van der Waals surface area contributed by atoms with Crippen molar-refractivity contribution in [3.8, 4) is 0 Å². The van der Waals surface area contributed by atoms with Gasteiger partial charge in [0.05, 0.1) is 17.7 Å². The van der Waals surface area contributed by atoms with Gasteiger partial charge in [0.25, 0.3) is 5.91 Å². The molecule has 0 bridgehead atoms. The Morgan fingerprint density at radius 2 is 1.20 bits per heavy atom. The van der Waals surface area contributed by atoms with Crippen LogP contribution >= 0.6 is 0 Å². The number of hydrogen-bond acceptors (Lipinski definition) is 9. The van der Waals surface area contributed by atoms with Crippen LogP contribution in [0, 0.1) is 0 Å². The molecule has 3 atom stereocenters. The SMILES string of the molecule is NC(=O)C(CCCN=C(N)N)NC(=O)c1ccccc1NC(=O)[C@H](CCCN=C(N)N)NC(=O)CC(=O)N[C@@H](CC(=O)O)C(N)=O. The van der Waals surface area contributed by atoms with E-state index in [9.17, 15) is 33.6 Å². The summed E-state index contributed by atoms with van der Waals surface area (Å²) in [4.78, 5) is 93.3. The van der Waals surface area contributed by atoms with Gasteiger partial charge in [0, 0.05) is 13.1 Å². The van der Waals surface area contributed by atoms with E-state index in [2.05, 4.69) is 31.3 Å². The second-order valence-electron chi connectivity index (χ2n) is 9.78. The van der Waals surface area contributed by atoms with Crippen molar-refractivity contribution in [1.82, 2.24) is 16.0 Å². The lowest BCUT2D eigenvalue weighted by Crippen LogP contribution is -2.49. The zero-order valence-corrected chi connectivity index (χ0v) is 24.9. The van der Waals surface area contributed by atoms with Crippen LogP contribution in [0.3, 0.4) is 0 Å². The van der Waals surface area contributed by atoms with Gasteiger partial charge in [-0.05, 0) is 37.8 Å². The quantitative estimate of drug-likeness (QED) is 0.0276. The average Bonchev–Trinajstić information content (AvgIpc) is 2.95. The van der Waals surface area contributed by atoms with Crippen LogP contribution in [-0.2, 0) is 28.8 Å². The highest BCUT2D eigenvalue weighted by atomic mass is 16.4. The van der Waals surface area contributed by atoms with E-state index < -0.39 is 72.4 Å². The van der Waals surface area contributed by atoms with E-state index >= 15 is 0 Å². The fourth-order valence-corrected chi connectivity index (χ4v) is 3.84. The third-order valence-electron chi connectivity index (χ3n) is 6.00. The number of benzene rings is 1. The molecule has 0 aliphatic rings. The highest BCUT2D eigenvalue weighted by Gasteiger charge is 2.26. The Morgan fingerprint density at radius 1 is 0.696 bits per heavy atom. The summed E-state index contributed by atoms with van der Waals surface area (Å²) >= 11 is 0. The summed E-state index contributed by atoms with van der Waals surface area (Å²) < 4.78 is 0. The lowest BCUT2D eigenvalue weighted by atomic mass is 10.1. The number of amides is 6. The molecule has 1 aromatic rings. The topological polar surface area (TPSA) is 369 Å². The summed E-state index contributed by atoms with van der Waals surface area (Å²) in [5, 5.41) is 18.4. The molecule has 6 amide bonds. The normalized spacial score (nSPS) is 12.3. The zero-order chi connectivity index (χ0) is 34.8. The molecule has 1 aromatic carbocycles. The number of hydrogen-bond donors (Lipinski definition) is 11. The van der Waals surface area contributed by atoms with Crippen LogP contribution in [0.25, 0.3) is 0 Å². The first-order valence-corrected chi connectivity index (χ1v) is 13.8. The number of guanidine groups is 2. The first-order valence-electron chi connectivity index (χ1n) is 13.8. The summed E-state index contributed by atoms with van der Waals surface area (Å²) in [5.74, 6) is -7.17. The Bertz CT molecular complexity index is 1340. The lowest BCUT2D eigenvalue weighted by molar-refractivity contribution is -0.140. The molecule has 0 aliphatic heterocycles. The van der Waals surface area contributed by atoms with Crippen LogP contribution in [0.5, 0.6) is 0 Å². The maximum Gasteiger partial charge on any atom is 0.305 e. The number of aliphatic carboxylic acids is 1. The number of rotatable bonds is 20. The number of nitrogens with two attached hydrogens (primary N) is 6. The van der Waals surface area contributed by atoms with Crippen molar-refractivity contribution < 1.29 is 38.7 Å². The Morgan fingerprint density at radius 3 is 1.70 bits per heavy atom. The second kappa shape index (κ2) is 19.4. The van der Waals surface area contributed by atoms with Crippen LogP contribution in [0.2, 0.25) is 0 Å². The number of para-hydroxylation sites is 1. The minimum atomic E-state index is -1.56. The predicted molar refractivity (Wildman–Crippen MR) is 165 cm³/mol. The average molecular weight is 649 g/mol. The fraction of sp³-hybridized carbons (Fsp3) is 0.423. The molecule has 252 valence electrons. The van der Waals surface area contributed by atoms with Crippen LogP contribution in [0.15, 0.2) is 34.3 Å². The van der Waals surface area contributed by atoms with Crippen LogP contribution in [-0.4, -0.2) is 89.7 Å². The molecule has 20 heteroatoms. The van der Waals surface area contributed by atoms with Gasteiger partial charge in [-0.25, -0.2) is 0 Å². The summed E-state index contributed by atoms with van der Waals surface area (Å²) in [7, 11) is 0. The fourth-order valence-electron chi connectivity index (χ4n) is 3.84. The van der Waals surface area contributed by atoms with Crippen LogP contribution in [0.4, 0.5) is 5.69 Å². The van der Waals surface area contributed by atoms with Crippen molar-refractivity contribution in [2.75, 3.05) is 18.4 Å². The van der Waals surface area contributed by atoms with Crippen molar-refractivity contribution >= 4 is 59.0 Å². The van der Waals surface area contributed by atoms with E-state index in [0.29, 0.717) is 6.42 Å². The van der Waals surface area contributed by atoms with E-state index in [0.717, 1.165) is 0 Å². The number of carboxylic acids is 1. The monoisotopic (exact) mass is 648 g/mol. The molecule has 0 fully saturated rings. The van der Waals surface area contributed by atoms with E-state index in [1.165, 1.54) is 24.3 Å². The van der Waals surface area contributed by atoms with E-state index in [1.54, 1.807) is 0 Å². The molecular weight excluding hydrogens is 608 g/mol.